The van der Waals surface area contributed by atoms with Crippen molar-refractivity contribution in [3.8, 4) is 0 Å². The third-order valence-electron chi connectivity index (χ3n) is 1.41. The smallest absolute Gasteiger partial charge is 0.0654 e. The minimum atomic E-state index is 0.681. The van der Waals surface area contributed by atoms with Crippen LogP contribution in [0.15, 0.2) is 0 Å². The molecule has 0 amide bonds. The van der Waals surface area contributed by atoms with Crippen molar-refractivity contribution in [1.82, 2.24) is 0 Å². The normalized spacial score (nSPS) is 10.7. The molecule has 0 fully saturated rings. The summed E-state index contributed by atoms with van der Waals surface area (Å²) in [5, 5.41) is 0. The van der Waals surface area contributed by atoms with E-state index in [4.69, 9.17) is 0 Å². The predicted octanol–water partition coefficient (Wildman–Crippen LogP) is 2.44. The zero-order chi connectivity index (χ0) is 7.11. The second kappa shape index (κ2) is 6.47. The van der Waals surface area contributed by atoms with Crippen LogP contribution >= 0.6 is 0 Å². The topological polar surface area (TPSA) is 0 Å². The molecule has 0 aliphatic heterocycles. The summed E-state index contributed by atoms with van der Waals surface area (Å²) in [6, 6.07) is 0. The lowest BCUT2D eigenvalue weighted by Crippen LogP contribution is -2.00. The van der Waals surface area contributed by atoms with Crippen LogP contribution in [-0.2, 0) is 10.9 Å². The van der Waals surface area contributed by atoms with Crippen molar-refractivity contribution in [2.24, 2.45) is 0 Å². The summed E-state index contributed by atoms with van der Waals surface area (Å²) in [7, 11) is 0.681. The Morgan fingerprint density at radius 2 is 1.67 bits per heavy atom. The highest BCUT2D eigenvalue weighted by molar-refractivity contribution is 7.95. The van der Waals surface area contributed by atoms with Gasteiger partial charge in [0, 0.05) is 0 Å². The van der Waals surface area contributed by atoms with E-state index in [9.17, 15) is 0 Å². The Labute approximate surface area is 62.4 Å². The van der Waals surface area contributed by atoms with Crippen LogP contribution in [0.1, 0.15) is 32.6 Å². The van der Waals surface area contributed by atoms with Gasteiger partial charge in [-0.3, -0.25) is 0 Å². The molecule has 0 bridgehead atoms. The molecule has 0 unspecified atom stereocenters. The average molecular weight is 147 g/mol. The maximum absolute atomic E-state index is 2.33. The van der Waals surface area contributed by atoms with Crippen LogP contribution in [0.25, 0.3) is 0 Å². The van der Waals surface area contributed by atoms with Crippen molar-refractivity contribution in [3.05, 3.63) is 0 Å². The molecule has 0 rings (SSSR count). The molecular weight excluding hydrogens is 128 g/mol. The molecule has 0 saturated heterocycles. The van der Waals surface area contributed by atoms with Crippen molar-refractivity contribution in [2.75, 3.05) is 18.3 Å². The van der Waals surface area contributed by atoms with Gasteiger partial charge in [-0.2, -0.15) is 0 Å². The highest BCUT2D eigenvalue weighted by Crippen LogP contribution is 2.00. The molecular formula is C8H19S+. The molecule has 0 aromatic carbocycles. The van der Waals surface area contributed by atoms with E-state index in [1.54, 1.807) is 0 Å². The molecule has 0 nitrogen and oxygen atoms in total. The molecule has 0 N–H and O–H groups in total. The quantitative estimate of drug-likeness (QED) is 0.414. The minimum Gasteiger partial charge on any atom is -0.0654 e. The fraction of sp³-hybridized carbons (Fsp3) is 1.00. The number of unbranched alkanes of at least 4 members (excludes halogenated alkanes) is 3. The number of rotatable bonds is 5. The summed E-state index contributed by atoms with van der Waals surface area (Å²) in [4.78, 5) is 0. The maximum Gasteiger partial charge on any atom is 0.107 e. The molecule has 0 atom stereocenters. The van der Waals surface area contributed by atoms with Gasteiger partial charge in [-0.05, 0) is 23.7 Å². The lowest BCUT2D eigenvalue weighted by molar-refractivity contribution is 0.706. The first-order valence-corrected chi connectivity index (χ1v) is 6.02. The highest BCUT2D eigenvalue weighted by Gasteiger charge is 1.99. The standard InChI is InChI=1S/C8H19S/c1-4-5-6-7-8-9(2)3/h4-8H2,1-3H3/q+1. The highest BCUT2D eigenvalue weighted by atomic mass is 32.2. The largest absolute Gasteiger partial charge is 0.107 e. The molecule has 0 aliphatic carbocycles. The second-order valence-electron chi connectivity index (χ2n) is 2.75. The maximum atomic E-state index is 2.33. The van der Waals surface area contributed by atoms with E-state index >= 15 is 0 Å². The van der Waals surface area contributed by atoms with E-state index in [0.29, 0.717) is 10.9 Å². The van der Waals surface area contributed by atoms with Crippen LogP contribution in [0.2, 0.25) is 0 Å². The van der Waals surface area contributed by atoms with Gasteiger partial charge in [0.2, 0.25) is 0 Å². The van der Waals surface area contributed by atoms with Gasteiger partial charge in [-0.25, -0.2) is 0 Å². The van der Waals surface area contributed by atoms with E-state index in [0.717, 1.165) is 0 Å². The van der Waals surface area contributed by atoms with E-state index in [1.165, 1.54) is 31.4 Å². The molecule has 1 heteroatoms. The lowest BCUT2D eigenvalue weighted by Gasteiger charge is -1.95. The summed E-state index contributed by atoms with van der Waals surface area (Å²) in [5.41, 5.74) is 0. The molecule has 0 spiro atoms. The number of hydrogen-bond donors (Lipinski definition) is 0. The van der Waals surface area contributed by atoms with Gasteiger partial charge in [0.05, 0.1) is 12.5 Å². The molecule has 0 aliphatic rings. The Bertz CT molecular complexity index is 50.5. The van der Waals surface area contributed by atoms with Crippen molar-refractivity contribution in [3.63, 3.8) is 0 Å². The zero-order valence-corrected chi connectivity index (χ0v) is 7.76. The zero-order valence-electron chi connectivity index (χ0n) is 6.94. The first-order valence-electron chi connectivity index (χ1n) is 3.81. The predicted molar refractivity (Wildman–Crippen MR) is 48.2 cm³/mol. The Balaban J connectivity index is 2.75. The fourth-order valence-corrected chi connectivity index (χ4v) is 1.60. The van der Waals surface area contributed by atoms with Crippen LogP contribution in [0.3, 0.4) is 0 Å². The van der Waals surface area contributed by atoms with Crippen molar-refractivity contribution < 1.29 is 0 Å². The first kappa shape index (κ1) is 9.35. The summed E-state index contributed by atoms with van der Waals surface area (Å²) < 4.78 is 0. The lowest BCUT2D eigenvalue weighted by atomic mass is 10.2. The first-order chi connectivity index (χ1) is 4.27. The average Bonchev–Trinajstić information content (AvgIpc) is 1.80. The number of hydrogen-bond acceptors (Lipinski definition) is 0. The van der Waals surface area contributed by atoms with Gasteiger partial charge in [0.15, 0.2) is 0 Å². The molecule has 0 radical (unpaired) electrons. The summed E-state index contributed by atoms with van der Waals surface area (Å²) in [6.07, 6.45) is 10.3. The van der Waals surface area contributed by atoms with Crippen LogP contribution in [0.4, 0.5) is 0 Å². The van der Waals surface area contributed by atoms with Crippen LogP contribution in [-0.4, -0.2) is 18.3 Å². The second-order valence-corrected chi connectivity index (χ2v) is 5.13. The summed E-state index contributed by atoms with van der Waals surface area (Å²) in [6.45, 7) is 2.26. The Hall–Kier alpha value is 0.350. The SMILES string of the molecule is CCCCCC[S+](C)C. The van der Waals surface area contributed by atoms with Crippen molar-refractivity contribution in [1.29, 1.82) is 0 Å². The van der Waals surface area contributed by atoms with E-state index < -0.39 is 0 Å². The monoisotopic (exact) mass is 147 g/mol. The Kier molecular flexibility index (Phi) is 6.72. The molecule has 0 aromatic rings. The molecule has 0 heterocycles. The van der Waals surface area contributed by atoms with Gasteiger partial charge in [0.25, 0.3) is 0 Å². The van der Waals surface area contributed by atoms with E-state index in [-0.39, 0.29) is 0 Å². The fourth-order valence-electron chi connectivity index (χ4n) is 0.818. The third kappa shape index (κ3) is 8.35. The van der Waals surface area contributed by atoms with Crippen LogP contribution in [0.5, 0.6) is 0 Å². The minimum absolute atomic E-state index is 0.681. The van der Waals surface area contributed by atoms with Gasteiger partial charge < -0.3 is 0 Å². The molecule has 0 aromatic heterocycles. The summed E-state index contributed by atoms with van der Waals surface area (Å²) >= 11 is 0. The third-order valence-corrected chi connectivity index (χ3v) is 2.51. The van der Waals surface area contributed by atoms with Gasteiger partial charge in [0.1, 0.15) is 5.75 Å². The molecule has 9 heavy (non-hydrogen) atoms. The van der Waals surface area contributed by atoms with Crippen LogP contribution < -0.4 is 0 Å². The van der Waals surface area contributed by atoms with Gasteiger partial charge in [-0.1, -0.05) is 19.8 Å². The Morgan fingerprint density at radius 1 is 1.00 bits per heavy atom. The molecule has 0 saturated carbocycles. The summed E-state index contributed by atoms with van der Waals surface area (Å²) in [5.74, 6) is 1.44. The van der Waals surface area contributed by atoms with Crippen LogP contribution in [0, 0.1) is 0 Å². The molecule has 56 valence electrons. The van der Waals surface area contributed by atoms with E-state index in [2.05, 4.69) is 19.4 Å². The van der Waals surface area contributed by atoms with Crippen molar-refractivity contribution in [2.45, 2.75) is 32.6 Å². The van der Waals surface area contributed by atoms with E-state index in [1.807, 2.05) is 0 Å². The Morgan fingerprint density at radius 3 is 2.11 bits per heavy atom. The van der Waals surface area contributed by atoms with Crippen molar-refractivity contribution >= 4 is 10.9 Å². The van der Waals surface area contributed by atoms with Gasteiger partial charge >= 0.3 is 0 Å². The van der Waals surface area contributed by atoms with Gasteiger partial charge in [-0.15, -0.1) is 0 Å².